The second-order valence-electron chi connectivity index (χ2n) is 4.39. The summed E-state index contributed by atoms with van der Waals surface area (Å²) in [5.41, 5.74) is 5.67. The molecule has 1 aromatic rings. The van der Waals surface area contributed by atoms with Crippen molar-refractivity contribution in [3.8, 4) is 0 Å². The van der Waals surface area contributed by atoms with Gasteiger partial charge in [-0.2, -0.15) is 4.37 Å². The highest BCUT2D eigenvalue weighted by atomic mass is 32.2. The molecule has 5 nitrogen and oxygen atoms in total. The van der Waals surface area contributed by atoms with E-state index in [9.17, 15) is 8.42 Å². The SMILES string of the molecule is Nc1nsc(NC2CC2)c1S(=O)(=O)C1CC1. The van der Waals surface area contributed by atoms with Gasteiger partial charge in [-0.05, 0) is 37.2 Å². The first-order valence-electron chi connectivity index (χ1n) is 5.34. The van der Waals surface area contributed by atoms with Gasteiger partial charge in [0, 0.05) is 6.04 Å². The zero-order chi connectivity index (χ0) is 11.3. The smallest absolute Gasteiger partial charge is 0.187 e. The summed E-state index contributed by atoms with van der Waals surface area (Å²) in [5, 5.41) is 3.59. The Balaban J connectivity index is 2.00. The van der Waals surface area contributed by atoms with Crippen molar-refractivity contribution in [2.45, 2.75) is 41.9 Å². The molecule has 2 aliphatic rings. The van der Waals surface area contributed by atoms with E-state index in [0.29, 0.717) is 11.0 Å². The molecule has 0 radical (unpaired) electrons. The van der Waals surface area contributed by atoms with Crippen LogP contribution in [0, 0.1) is 0 Å². The quantitative estimate of drug-likeness (QED) is 0.849. The van der Waals surface area contributed by atoms with Crippen LogP contribution >= 0.6 is 11.5 Å². The van der Waals surface area contributed by atoms with Crippen molar-refractivity contribution < 1.29 is 8.42 Å². The van der Waals surface area contributed by atoms with Gasteiger partial charge in [-0.3, -0.25) is 0 Å². The van der Waals surface area contributed by atoms with Crippen molar-refractivity contribution in [3.05, 3.63) is 0 Å². The van der Waals surface area contributed by atoms with Crippen molar-refractivity contribution in [2.24, 2.45) is 0 Å². The van der Waals surface area contributed by atoms with Crippen LogP contribution in [-0.4, -0.2) is 24.1 Å². The van der Waals surface area contributed by atoms with Gasteiger partial charge in [0.2, 0.25) is 0 Å². The molecule has 3 rings (SSSR count). The molecule has 1 aromatic heterocycles. The molecule has 0 aromatic carbocycles. The largest absolute Gasteiger partial charge is 0.382 e. The Hall–Kier alpha value is -0.820. The average molecular weight is 259 g/mol. The molecule has 7 heteroatoms. The lowest BCUT2D eigenvalue weighted by Gasteiger charge is -2.05. The fraction of sp³-hybridized carbons (Fsp3) is 0.667. The minimum absolute atomic E-state index is 0.153. The van der Waals surface area contributed by atoms with Crippen molar-refractivity contribution in [1.82, 2.24) is 4.37 Å². The molecule has 0 unspecified atom stereocenters. The number of hydrogen-bond donors (Lipinski definition) is 2. The van der Waals surface area contributed by atoms with E-state index < -0.39 is 9.84 Å². The van der Waals surface area contributed by atoms with Gasteiger partial charge in [0.1, 0.15) is 9.90 Å². The van der Waals surface area contributed by atoms with Crippen LogP contribution in [-0.2, 0) is 9.84 Å². The molecule has 2 fully saturated rings. The topological polar surface area (TPSA) is 85.1 Å². The highest BCUT2D eigenvalue weighted by molar-refractivity contribution is 7.92. The molecule has 16 heavy (non-hydrogen) atoms. The van der Waals surface area contributed by atoms with Crippen LogP contribution in [0.3, 0.4) is 0 Å². The number of nitrogens with zero attached hydrogens (tertiary/aromatic N) is 1. The first-order valence-corrected chi connectivity index (χ1v) is 7.66. The van der Waals surface area contributed by atoms with E-state index in [2.05, 4.69) is 9.69 Å². The fourth-order valence-corrected chi connectivity index (χ4v) is 4.57. The Kier molecular flexibility index (Phi) is 2.16. The molecular weight excluding hydrogens is 246 g/mol. The van der Waals surface area contributed by atoms with Crippen molar-refractivity contribution >= 4 is 32.2 Å². The molecule has 88 valence electrons. The maximum absolute atomic E-state index is 12.1. The van der Waals surface area contributed by atoms with Crippen LogP contribution < -0.4 is 11.1 Å². The zero-order valence-corrected chi connectivity index (χ0v) is 10.3. The number of nitrogens with two attached hydrogens (primary N) is 1. The van der Waals surface area contributed by atoms with Crippen LogP contribution in [0.1, 0.15) is 25.7 Å². The summed E-state index contributed by atoms with van der Waals surface area (Å²) >= 11 is 1.15. The van der Waals surface area contributed by atoms with Crippen molar-refractivity contribution in [1.29, 1.82) is 0 Å². The molecule has 0 amide bonds. The fourth-order valence-electron chi connectivity index (χ4n) is 1.62. The highest BCUT2D eigenvalue weighted by Crippen LogP contribution is 2.42. The lowest BCUT2D eigenvalue weighted by Crippen LogP contribution is -2.12. The first-order chi connectivity index (χ1) is 7.59. The minimum atomic E-state index is -3.24. The van der Waals surface area contributed by atoms with E-state index in [0.717, 1.165) is 37.2 Å². The van der Waals surface area contributed by atoms with Gasteiger partial charge in [0.15, 0.2) is 15.7 Å². The first kappa shape index (κ1) is 10.3. The Morgan fingerprint density at radius 3 is 2.56 bits per heavy atom. The van der Waals surface area contributed by atoms with Gasteiger partial charge in [0.05, 0.1) is 5.25 Å². The summed E-state index contributed by atoms with van der Waals surface area (Å²) in [7, 11) is -3.24. The normalized spacial score (nSPS) is 21.0. The third-order valence-corrected chi connectivity index (χ3v) is 6.09. The van der Waals surface area contributed by atoms with Crippen molar-refractivity contribution in [3.63, 3.8) is 0 Å². The Labute approximate surface area is 98.1 Å². The number of anilines is 2. The van der Waals surface area contributed by atoms with Gasteiger partial charge >= 0.3 is 0 Å². The van der Waals surface area contributed by atoms with E-state index in [1.807, 2.05) is 0 Å². The standard InChI is InChI=1S/C9H13N3O2S2/c10-8-7(16(13,14)6-3-4-6)9(15-12-8)11-5-1-2-5/h5-6,11H,1-4H2,(H2,10,12). The van der Waals surface area contributed by atoms with Crippen LogP contribution in [0.25, 0.3) is 0 Å². The van der Waals surface area contributed by atoms with Gasteiger partial charge in [-0.25, -0.2) is 8.42 Å². The van der Waals surface area contributed by atoms with E-state index in [4.69, 9.17) is 5.73 Å². The van der Waals surface area contributed by atoms with Crippen LogP contribution in [0.5, 0.6) is 0 Å². The Bertz CT molecular complexity index is 515. The van der Waals surface area contributed by atoms with Gasteiger partial charge < -0.3 is 11.1 Å². The lowest BCUT2D eigenvalue weighted by atomic mass is 10.6. The number of nitrogen functional groups attached to an aromatic ring is 1. The molecule has 0 saturated heterocycles. The van der Waals surface area contributed by atoms with E-state index >= 15 is 0 Å². The number of aromatic nitrogens is 1. The minimum Gasteiger partial charge on any atom is -0.382 e. The number of hydrogen-bond acceptors (Lipinski definition) is 6. The summed E-state index contributed by atoms with van der Waals surface area (Å²) in [5.74, 6) is 0.153. The maximum atomic E-state index is 12.1. The summed E-state index contributed by atoms with van der Waals surface area (Å²) in [6.45, 7) is 0. The molecule has 1 heterocycles. The third-order valence-electron chi connectivity index (χ3n) is 2.83. The van der Waals surface area contributed by atoms with Crippen LogP contribution in [0.15, 0.2) is 4.90 Å². The van der Waals surface area contributed by atoms with Crippen LogP contribution in [0.4, 0.5) is 10.8 Å². The highest BCUT2D eigenvalue weighted by Gasteiger charge is 2.41. The van der Waals surface area contributed by atoms with E-state index in [1.54, 1.807) is 0 Å². The Morgan fingerprint density at radius 2 is 2.00 bits per heavy atom. The predicted octanol–water partition coefficient (Wildman–Crippen LogP) is 1.24. The maximum Gasteiger partial charge on any atom is 0.187 e. The van der Waals surface area contributed by atoms with Gasteiger partial charge in [-0.15, -0.1) is 0 Å². The summed E-state index contributed by atoms with van der Waals surface area (Å²) in [6, 6.07) is 0.410. The second kappa shape index (κ2) is 3.33. The zero-order valence-electron chi connectivity index (χ0n) is 8.64. The summed E-state index contributed by atoms with van der Waals surface area (Å²) in [4.78, 5) is 0.243. The second-order valence-corrected chi connectivity index (χ2v) is 7.33. The molecule has 0 bridgehead atoms. The van der Waals surface area contributed by atoms with Crippen LogP contribution in [0.2, 0.25) is 0 Å². The molecular formula is C9H13N3O2S2. The lowest BCUT2D eigenvalue weighted by molar-refractivity contribution is 0.595. The summed E-state index contributed by atoms with van der Waals surface area (Å²) < 4.78 is 28.2. The molecule has 0 spiro atoms. The molecule has 3 N–H and O–H groups in total. The number of nitrogens with one attached hydrogen (secondary N) is 1. The molecule has 2 aliphatic carbocycles. The Morgan fingerprint density at radius 1 is 1.31 bits per heavy atom. The average Bonchev–Trinajstić information content (AvgIpc) is 3.07. The molecule has 0 atom stereocenters. The van der Waals surface area contributed by atoms with E-state index in [1.165, 1.54) is 0 Å². The number of sulfone groups is 1. The monoisotopic (exact) mass is 259 g/mol. The van der Waals surface area contributed by atoms with Crippen molar-refractivity contribution in [2.75, 3.05) is 11.1 Å². The predicted molar refractivity (Wildman–Crippen MR) is 63.4 cm³/mol. The third kappa shape index (κ3) is 1.67. The van der Waals surface area contributed by atoms with Gasteiger partial charge in [-0.1, -0.05) is 0 Å². The number of rotatable bonds is 4. The molecule has 2 saturated carbocycles. The molecule has 0 aliphatic heterocycles. The van der Waals surface area contributed by atoms with E-state index in [-0.39, 0.29) is 16.0 Å². The summed E-state index contributed by atoms with van der Waals surface area (Å²) in [6.07, 6.45) is 3.70. The van der Waals surface area contributed by atoms with Gasteiger partial charge in [0.25, 0.3) is 0 Å².